The molecule has 1 aliphatic rings. The average Bonchev–Trinajstić information content (AvgIpc) is 2.25. The van der Waals surface area contributed by atoms with Crippen molar-refractivity contribution in [2.45, 2.75) is 44.8 Å². The van der Waals surface area contributed by atoms with Crippen molar-refractivity contribution in [3.8, 4) is 0 Å². The Morgan fingerprint density at radius 2 is 1.88 bits per heavy atom. The van der Waals surface area contributed by atoms with Crippen molar-refractivity contribution in [2.24, 2.45) is 17.6 Å². The topological polar surface area (TPSA) is 55.1 Å². The Labute approximate surface area is 98.9 Å². The minimum atomic E-state index is -4.12. The van der Waals surface area contributed by atoms with E-state index in [1.807, 2.05) is 0 Å². The van der Waals surface area contributed by atoms with Crippen LogP contribution in [-0.2, 0) is 4.79 Å². The molecule has 1 unspecified atom stereocenters. The molecule has 0 aromatic rings. The molecule has 3 nitrogen and oxygen atoms in total. The first-order chi connectivity index (χ1) is 7.80. The van der Waals surface area contributed by atoms with Gasteiger partial charge in [-0.2, -0.15) is 13.2 Å². The zero-order valence-corrected chi connectivity index (χ0v) is 9.89. The maximum absolute atomic E-state index is 12.4. The molecule has 17 heavy (non-hydrogen) atoms. The van der Waals surface area contributed by atoms with Crippen molar-refractivity contribution in [3.63, 3.8) is 0 Å². The normalized spacial score (nSPS) is 27.6. The second-order valence-electron chi connectivity index (χ2n) is 4.81. The quantitative estimate of drug-likeness (QED) is 0.805. The number of carbonyl (C=O) groups excluding carboxylic acids is 1. The Bertz CT molecular complexity index is 258. The standard InChI is InChI=1S/C11H19F3N2O/c1-7(15)6-16-10(17)8-2-4-9(5-3-8)11(12,13)14/h7-9H,2-6,15H2,1H3,(H,16,17). The van der Waals surface area contributed by atoms with Crippen LogP contribution < -0.4 is 11.1 Å². The molecular weight excluding hydrogens is 233 g/mol. The van der Waals surface area contributed by atoms with E-state index in [1.54, 1.807) is 6.92 Å². The number of rotatable bonds is 3. The Morgan fingerprint density at radius 3 is 2.29 bits per heavy atom. The number of carbonyl (C=O) groups is 1. The number of hydrogen-bond donors (Lipinski definition) is 2. The van der Waals surface area contributed by atoms with E-state index >= 15 is 0 Å². The van der Waals surface area contributed by atoms with Crippen LogP contribution in [0.4, 0.5) is 13.2 Å². The predicted octanol–water partition coefficient (Wildman–Crippen LogP) is 1.82. The van der Waals surface area contributed by atoms with Gasteiger partial charge in [-0.15, -0.1) is 0 Å². The number of alkyl halides is 3. The van der Waals surface area contributed by atoms with E-state index in [4.69, 9.17) is 5.73 Å². The molecule has 0 bridgehead atoms. The van der Waals surface area contributed by atoms with Gasteiger partial charge in [-0.05, 0) is 32.6 Å². The monoisotopic (exact) mass is 252 g/mol. The summed E-state index contributed by atoms with van der Waals surface area (Å²) in [5, 5.41) is 2.66. The summed E-state index contributed by atoms with van der Waals surface area (Å²) >= 11 is 0. The van der Waals surface area contributed by atoms with Crippen LogP contribution in [0.25, 0.3) is 0 Å². The molecule has 6 heteroatoms. The molecular formula is C11H19F3N2O. The molecule has 1 fully saturated rings. The summed E-state index contributed by atoms with van der Waals surface area (Å²) in [6.07, 6.45) is -3.38. The lowest BCUT2D eigenvalue weighted by Gasteiger charge is -2.29. The summed E-state index contributed by atoms with van der Waals surface area (Å²) in [6, 6.07) is -0.134. The van der Waals surface area contributed by atoms with Gasteiger partial charge >= 0.3 is 6.18 Å². The largest absolute Gasteiger partial charge is 0.391 e. The molecule has 0 aromatic heterocycles. The van der Waals surface area contributed by atoms with Gasteiger partial charge in [-0.25, -0.2) is 0 Å². The first-order valence-corrected chi connectivity index (χ1v) is 5.90. The molecule has 1 rings (SSSR count). The van der Waals surface area contributed by atoms with Crippen molar-refractivity contribution in [1.29, 1.82) is 0 Å². The molecule has 1 atom stereocenters. The molecule has 0 radical (unpaired) electrons. The molecule has 0 spiro atoms. The molecule has 0 heterocycles. The molecule has 1 aliphatic carbocycles. The summed E-state index contributed by atoms with van der Waals surface area (Å²) in [5.74, 6) is -1.68. The lowest BCUT2D eigenvalue weighted by atomic mass is 9.81. The van der Waals surface area contributed by atoms with Crippen molar-refractivity contribution < 1.29 is 18.0 Å². The molecule has 0 aromatic carbocycles. The van der Waals surface area contributed by atoms with Gasteiger partial charge in [0.15, 0.2) is 0 Å². The van der Waals surface area contributed by atoms with E-state index < -0.39 is 12.1 Å². The van der Waals surface area contributed by atoms with Crippen molar-refractivity contribution in [1.82, 2.24) is 5.32 Å². The number of nitrogens with one attached hydrogen (secondary N) is 1. The van der Waals surface area contributed by atoms with Crippen LogP contribution in [-0.4, -0.2) is 24.7 Å². The highest BCUT2D eigenvalue weighted by molar-refractivity contribution is 5.78. The molecule has 0 saturated heterocycles. The van der Waals surface area contributed by atoms with Gasteiger partial charge < -0.3 is 11.1 Å². The Balaban J connectivity index is 2.34. The van der Waals surface area contributed by atoms with E-state index in [0.29, 0.717) is 19.4 Å². The summed E-state index contributed by atoms with van der Waals surface area (Å²) in [6.45, 7) is 2.14. The van der Waals surface area contributed by atoms with Crippen molar-refractivity contribution >= 4 is 5.91 Å². The van der Waals surface area contributed by atoms with E-state index in [0.717, 1.165) is 0 Å². The van der Waals surface area contributed by atoms with Crippen LogP contribution in [0.15, 0.2) is 0 Å². The summed E-state index contributed by atoms with van der Waals surface area (Å²) in [4.78, 5) is 11.6. The molecule has 1 saturated carbocycles. The first kappa shape index (κ1) is 14.3. The maximum atomic E-state index is 12.4. The molecule has 0 aliphatic heterocycles. The van der Waals surface area contributed by atoms with E-state index in [-0.39, 0.29) is 30.7 Å². The van der Waals surface area contributed by atoms with Crippen LogP contribution in [0.1, 0.15) is 32.6 Å². The Hall–Kier alpha value is -0.780. The first-order valence-electron chi connectivity index (χ1n) is 5.90. The summed E-state index contributed by atoms with van der Waals surface area (Å²) in [5.41, 5.74) is 5.49. The summed E-state index contributed by atoms with van der Waals surface area (Å²) < 4.78 is 37.2. The smallest absolute Gasteiger partial charge is 0.354 e. The highest BCUT2D eigenvalue weighted by atomic mass is 19.4. The maximum Gasteiger partial charge on any atom is 0.391 e. The SMILES string of the molecule is CC(N)CNC(=O)C1CCC(C(F)(F)F)CC1. The highest BCUT2D eigenvalue weighted by Gasteiger charge is 2.42. The van der Waals surface area contributed by atoms with E-state index in [9.17, 15) is 18.0 Å². The van der Waals surface area contributed by atoms with Gasteiger partial charge in [0, 0.05) is 18.5 Å². The van der Waals surface area contributed by atoms with Crippen LogP contribution in [0.2, 0.25) is 0 Å². The van der Waals surface area contributed by atoms with Crippen LogP contribution in [0.5, 0.6) is 0 Å². The number of amides is 1. The number of halogens is 3. The second-order valence-corrected chi connectivity index (χ2v) is 4.81. The third-order valence-corrected chi connectivity index (χ3v) is 3.16. The predicted molar refractivity (Wildman–Crippen MR) is 58.2 cm³/mol. The van der Waals surface area contributed by atoms with Crippen LogP contribution in [0.3, 0.4) is 0 Å². The fraction of sp³-hybridized carbons (Fsp3) is 0.909. The minimum absolute atomic E-state index is 0.0553. The highest BCUT2D eigenvalue weighted by Crippen LogP contribution is 2.39. The van der Waals surface area contributed by atoms with Crippen molar-refractivity contribution in [3.05, 3.63) is 0 Å². The summed E-state index contributed by atoms with van der Waals surface area (Å²) in [7, 11) is 0. The fourth-order valence-corrected chi connectivity index (χ4v) is 2.09. The second kappa shape index (κ2) is 5.71. The van der Waals surface area contributed by atoms with Crippen molar-refractivity contribution in [2.75, 3.05) is 6.54 Å². The van der Waals surface area contributed by atoms with Gasteiger partial charge in [-0.3, -0.25) is 4.79 Å². The minimum Gasteiger partial charge on any atom is -0.354 e. The Morgan fingerprint density at radius 1 is 1.35 bits per heavy atom. The fourth-order valence-electron chi connectivity index (χ4n) is 2.09. The van der Waals surface area contributed by atoms with Gasteiger partial charge in [0.25, 0.3) is 0 Å². The third-order valence-electron chi connectivity index (χ3n) is 3.16. The molecule has 1 amide bonds. The molecule has 3 N–H and O–H groups in total. The third kappa shape index (κ3) is 4.53. The number of nitrogens with two attached hydrogens (primary N) is 1. The van der Waals surface area contributed by atoms with Crippen LogP contribution >= 0.6 is 0 Å². The zero-order valence-electron chi connectivity index (χ0n) is 9.89. The van der Waals surface area contributed by atoms with E-state index in [1.165, 1.54) is 0 Å². The average molecular weight is 252 g/mol. The van der Waals surface area contributed by atoms with Gasteiger partial charge in [0.05, 0.1) is 5.92 Å². The lowest BCUT2D eigenvalue weighted by Crippen LogP contribution is -2.40. The van der Waals surface area contributed by atoms with E-state index in [2.05, 4.69) is 5.32 Å². The number of hydrogen-bond acceptors (Lipinski definition) is 2. The van der Waals surface area contributed by atoms with Gasteiger partial charge in [-0.1, -0.05) is 0 Å². The van der Waals surface area contributed by atoms with Gasteiger partial charge in [0.1, 0.15) is 0 Å². The molecule has 100 valence electrons. The van der Waals surface area contributed by atoms with Gasteiger partial charge in [0.2, 0.25) is 5.91 Å². The Kier molecular flexibility index (Phi) is 4.80. The lowest BCUT2D eigenvalue weighted by molar-refractivity contribution is -0.184. The zero-order chi connectivity index (χ0) is 13.1. The van der Waals surface area contributed by atoms with Crippen LogP contribution in [0, 0.1) is 11.8 Å².